The SMILES string of the molecule is Cc1nc2c(Cl)cc(Cl)cn2c1C(=O)N(C)CC(=O)O. The molecular formula is C12H11Cl2N3O3. The average molecular weight is 316 g/mol. The molecule has 6 nitrogen and oxygen atoms in total. The van der Waals surface area contributed by atoms with Crippen molar-refractivity contribution in [2.75, 3.05) is 13.6 Å². The quantitative estimate of drug-likeness (QED) is 0.941. The first-order chi connectivity index (χ1) is 9.31. The number of pyridine rings is 1. The Morgan fingerprint density at radius 1 is 1.45 bits per heavy atom. The van der Waals surface area contributed by atoms with Crippen LogP contribution in [0, 0.1) is 6.92 Å². The van der Waals surface area contributed by atoms with Gasteiger partial charge in [0, 0.05) is 13.2 Å². The number of amides is 1. The Labute approximate surface area is 124 Å². The molecule has 0 aliphatic carbocycles. The summed E-state index contributed by atoms with van der Waals surface area (Å²) in [5, 5.41) is 9.42. The van der Waals surface area contributed by atoms with Gasteiger partial charge >= 0.3 is 5.97 Å². The van der Waals surface area contributed by atoms with Gasteiger partial charge in [0.2, 0.25) is 0 Å². The Morgan fingerprint density at radius 2 is 2.10 bits per heavy atom. The van der Waals surface area contributed by atoms with Crippen LogP contribution in [0.25, 0.3) is 5.65 Å². The van der Waals surface area contributed by atoms with Crippen molar-refractivity contribution < 1.29 is 14.7 Å². The first kappa shape index (κ1) is 14.6. The highest BCUT2D eigenvalue weighted by atomic mass is 35.5. The maximum absolute atomic E-state index is 12.3. The van der Waals surface area contributed by atoms with Gasteiger partial charge in [-0.2, -0.15) is 0 Å². The van der Waals surface area contributed by atoms with Crippen LogP contribution in [0.3, 0.4) is 0 Å². The topological polar surface area (TPSA) is 74.9 Å². The molecule has 2 aromatic rings. The molecule has 0 unspecified atom stereocenters. The van der Waals surface area contributed by atoms with Gasteiger partial charge in [-0.15, -0.1) is 0 Å². The minimum atomic E-state index is -1.09. The molecular weight excluding hydrogens is 305 g/mol. The number of hydrogen-bond donors (Lipinski definition) is 1. The third-order valence-electron chi connectivity index (χ3n) is 2.74. The van der Waals surface area contributed by atoms with E-state index >= 15 is 0 Å². The van der Waals surface area contributed by atoms with E-state index in [2.05, 4.69) is 4.98 Å². The van der Waals surface area contributed by atoms with Gasteiger partial charge in [0.1, 0.15) is 12.2 Å². The van der Waals surface area contributed by atoms with Crippen LogP contribution in [0.2, 0.25) is 10.0 Å². The number of rotatable bonds is 3. The third-order valence-corrected chi connectivity index (χ3v) is 3.22. The highest BCUT2D eigenvalue weighted by Crippen LogP contribution is 2.24. The number of halogens is 2. The van der Waals surface area contributed by atoms with Gasteiger partial charge in [-0.05, 0) is 13.0 Å². The van der Waals surface area contributed by atoms with E-state index in [0.29, 0.717) is 21.4 Å². The first-order valence-corrected chi connectivity index (χ1v) is 6.38. The Balaban J connectivity index is 2.56. The van der Waals surface area contributed by atoms with Gasteiger partial charge in [-0.3, -0.25) is 14.0 Å². The molecule has 2 aromatic heterocycles. The number of aliphatic carboxylic acids is 1. The maximum atomic E-state index is 12.3. The molecule has 0 bridgehead atoms. The van der Waals surface area contributed by atoms with Crippen molar-refractivity contribution in [2.24, 2.45) is 0 Å². The maximum Gasteiger partial charge on any atom is 0.323 e. The summed E-state index contributed by atoms with van der Waals surface area (Å²) in [4.78, 5) is 28.3. The highest BCUT2D eigenvalue weighted by molar-refractivity contribution is 6.36. The zero-order valence-corrected chi connectivity index (χ0v) is 12.2. The minimum absolute atomic E-state index is 0.244. The van der Waals surface area contributed by atoms with Gasteiger partial charge in [0.15, 0.2) is 5.65 Å². The first-order valence-electron chi connectivity index (χ1n) is 5.62. The summed E-state index contributed by atoms with van der Waals surface area (Å²) in [7, 11) is 1.40. The molecule has 0 fully saturated rings. The minimum Gasteiger partial charge on any atom is -0.480 e. The zero-order valence-electron chi connectivity index (χ0n) is 10.7. The number of carbonyl (C=O) groups excluding carboxylic acids is 1. The van der Waals surface area contributed by atoms with Crippen LogP contribution in [-0.4, -0.2) is 44.9 Å². The lowest BCUT2D eigenvalue weighted by Crippen LogP contribution is -2.33. The number of carboxylic acids is 1. The van der Waals surface area contributed by atoms with Crippen molar-refractivity contribution in [1.29, 1.82) is 0 Å². The molecule has 2 rings (SSSR count). The predicted molar refractivity (Wildman–Crippen MR) is 74.5 cm³/mol. The Hall–Kier alpha value is -1.79. The molecule has 20 heavy (non-hydrogen) atoms. The molecule has 0 saturated heterocycles. The van der Waals surface area contributed by atoms with Crippen molar-refractivity contribution >= 4 is 40.7 Å². The largest absolute Gasteiger partial charge is 0.480 e. The van der Waals surface area contributed by atoms with E-state index in [1.807, 2.05) is 0 Å². The molecule has 0 aromatic carbocycles. The van der Waals surface area contributed by atoms with Crippen LogP contribution in [0.4, 0.5) is 0 Å². The number of aryl methyl sites for hydroxylation is 1. The van der Waals surface area contributed by atoms with Gasteiger partial charge < -0.3 is 10.0 Å². The highest BCUT2D eigenvalue weighted by Gasteiger charge is 2.22. The smallest absolute Gasteiger partial charge is 0.323 e. The van der Waals surface area contributed by atoms with E-state index in [4.69, 9.17) is 28.3 Å². The molecule has 0 aliphatic heterocycles. The summed E-state index contributed by atoms with van der Waals surface area (Å²) in [6, 6.07) is 1.53. The second kappa shape index (κ2) is 5.30. The van der Waals surface area contributed by atoms with Crippen LogP contribution < -0.4 is 0 Å². The number of aromatic nitrogens is 2. The number of likely N-dealkylation sites (N-methyl/N-ethyl adjacent to an activating group) is 1. The monoisotopic (exact) mass is 315 g/mol. The van der Waals surface area contributed by atoms with E-state index in [1.54, 1.807) is 6.92 Å². The van der Waals surface area contributed by atoms with Crippen LogP contribution >= 0.6 is 23.2 Å². The fourth-order valence-electron chi connectivity index (χ4n) is 1.90. The summed E-state index contributed by atoms with van der Waals surface area (Å²) in [6.45, 7) is 1.25. The lowest BCUT2D eigenvalue weighted by atomic mass is 10.3. The molecule has 0 aliphatic rings. The molecule has 8 heteroatoms. The molecule has 0 saturated carbocycles. The standard InChI is InChI=1S/C12H11Cl2N3O3/c1-6-10(12(20)16(2)5-9(18)19)17-4-7(13)3-8(14)11(17)15-6/h3-4H,5H2,1-2H3,(H,18,19). The van der Waals surface area contributed by atoms with Crippen molar-refractivity contribution in [2.45, 2.75) is 6.92 Å². The Morgan fingerprint density at radius 3 is 2.70 bits per heavy atom. The normalized spacial score (nSPS) is 10.8. The molecule has 1 N–H and O–H groups in total. The van der Waals surface area contributed by atoms with E-state index in [1.165, 1.54) is 23.7 Å². The summed E-state index contributed by atoms with van der Waals surface area (Å²) >= 11 is 12.0. The number of hydrogen-bond acceptors (Lipinski definition) is 3. The summed E-state index contributed by atoms with van der Waals surface area (Å²) in [5.41, 5.74) is 1.10. The van der Waals surface area contributed by atoms with Gasteiger partial charge in [-0.25, -0.2) is 4.98 Å². The van der Waals surface area contributed by atoms with E-state index in [0.717, 1.165) is 4.90 Å². The molecule has 2 heterocycles. The molecule has 106 valence electrons. The lowest BCUT2D eigenvalue weighted by molar-refractivity contribution is -0.137. The molecule has 0 atom stereocenters. The predicted octanol–water partition coefficient (Wildman–Crippen LogP) is 2.11. The van der Waals surface area contributed by atoms with Crippen molar-refractivity contribution in [3.63, 3.8) is 0 Å². The number of imidazole rings is 1. The number of carbonyl (C=O) groups is 2. The molecule has 0 radical (unpaired) electrons. The van der Waals surface area contributed by atoms with E-state index in [-0.39, 0.29) is 5.69 Å². The van der Waals surface area contributed by atoms with Crippen molar-refractivity contribution in [3.8, 4) is 0 Å². The lowest BCUT2D eigenvalue weighted by Gasteiger charge is -2.14. The van der Waals surface area contributed by atoms with Crippen molar-refractivity contribution in [3.05, 3.63) is 33.7 Å². The molecule has 0 spiro atoms. The van der Waals surface area contributed by atoms with Crippen LogP contribution in [-0.2, 0) is 4.79 Å². The van der Waals surface area contributed by atoms with Gasteiger partial charge in [0.25, 0.3) is 5.91 Å². The second-order valence-electron chi connectivity index (χ2n) is 4.30. The average Bonchev–Trinajstić information content (AvgIpc) is 2.64. The fourth-order valence-corrected chi connectivity index (χ4v) is 2.41. The second-order valence-corrected chi connectivity index (χ2v) is 5.14. The van der Waals surface area contributed by atoms with E-state index in [9.17, 15) is 9.59 Å². The Kier molecular flexibility index (Phi) is 3.87. The molecule has 1 amide bonds. The van der Waals surface area contributed by atoms with Gasteiger partial charge in [-0.1, -0.05) is 23.2 Å². The number of fused-ring (bicyclic) bond motifs is 1. The zero-order chi connectivity index (χ0) is 15.0. The third kappa shape index (κ3) is 2.57. The fraction of sp³-hybridized carbons (Fsp3) is 0.250. The van der Waals surface area contributed by atoms with Gasteiger partial charge in [0.05, 0.1) is 15.7 Å². The van der Waals surface area contributed by atoms with E-state index < -0.39 is 18.4 Å². The van der Waals surface area contributed by atoms with Crippen LogP contribution in [0.1, 0.15) is 16.2 Å². The number of carboxylic acid groups (broad SMARTS) is 1. The number of nitrogens with zero attached hydrogens (tertiary/aromatic N) is 3. The Bertz CT molecular complexity index is 712. The van der Waals surface area contributed by atoms with Crippen LogP contribution in [0.5, 0.6) is 0 Å². The van der Waals surface area contributed by atoms with Crippen molar-refractivity contribution in [1.82, 2.24) is 14.3 Å². The summed E-state index contributed by atoms with van der Waals surface area (Å²) < 4.78 is 1.47. The summed E-state index contributed by atoms with van der Waals surface area (Å²) in [5.74, 6) is -1.56. The summed E-state index contributed by atoms with van der Waals surface area (Å²) in [6.07, 6.45) is 1.52. The van der Waals surface area contributed by atoms with Crippen LogP contribution in [0.15, 0.2) is 12.3 Å².